The maximum Gasteiger partial charge on any atom is -0.0287 e. The van der Waals surface area contributed by atoms with Gasteiger partial charge in [-0.1, -0.05) is 46.0 Å². The minimum Gasteiger partial charge on any atom is -0.0651 e. The Balaban J connectivity index is 1.36. The summed E-state index contributed by atoms with van der Waals surface area (Å²) in [5.41, 5.74) is 0.880. The van der Waals surface area contributed by atoms with Gasteiger partial charge >= 0.3 is 0 Å². The Kier molecular flexibility index (Phi) is 3.26. The van der Waals surface area contributed by atoms with Crippen LogP contribution in [-0.4, -0.2) is 0 Å². The standard InChI is InChI=1S/C17H30/c1-3-14-4-6-15(7-5-14)8-16-11-17(12-16)9-13(2)10-17/h13-16H,3-12H2,1-2H3. The Morgan fingerprint density at radius 3 is 1.94 bits per heavy atom. The summed E-state index contributed by atoms with van der Waals surface area (Å²) in [5.74, 6) is 4.37. The lowest BCUT2D eigenvalue weighted by atomic mass is 9.47. The van der Waals surface area contributed by atoms with Gasteiger partial charge in [0.1, 0.15) is 0 Å². The summed E-state index contributed by atoms with van der Waals surface area (Å²) in [4.78, 5) is 0. The maximum absolute atomic E-state index is 2.44. The first-order valence-corrected chi connectivity index (χ1v) is 8.19. The second-order valence-corrected chi connectivity index (χ2v) is 7.82. The van der Waals surface area contributed by atoms with E-state index in [0.29, 0.717) is 0 Å². The summed E-state index contributed by atoms with van der Waals surface area (Å²) in [6.07, 6.45) is 15.5. The van der Waals surface area contributed by atoms with Crippen molar-refractivity contribution in [2.75, 3.05) is 0 Å². The molecule has 3 fully saturated rings. The molecular weight excluding hydrogens is 204 g/mol. The third-order valence-corrected chi connectivity index (χ3v) is 6.22. The molecule has 0 unspecified atom stereocenters. The zero-order chi connectivity index (χ0) is 11.9. The second kappa shape index (κ2) is 4.59. The van der Waals surface area contributed by atoms with E-state index in [1.54, 1.807) is 44.9 Å². The van der Waals surface area contributed by atoms with Crippen LogP contribution < -0.4 is 0 Å². The third kappa shape index (κ3) is 2.42. The van der Waals surface area contributed by atoms with Crippen LogP contribution in [-0.2, 0) is 0 Å². The van der Waals surface area contributed by atoms with Crippen molar-refractivity contribution in [1.29, 1.82) is 0 Å². The molecule has 0 bridgehead atoms. The first kappa shape index (κ1) is 12.1. The van der Waals surface area contributed by atoms with Crippen LogP contribution in [0.3, 0.4) is 0 Å². The fourth-order valence-electron chi connectivity index (χ4n) is 5.43. The minimum absolute atomic E-state index is 0.880. The Bertz CT molecular complexity index is 245. The van der Waals surface area contributed by atoms with Crippen molar-refractivity contribution < 1.29 is 0 Å². The van der Waals surface area contributed by atoms with Gasteiger partial charge in [-0.2, -0.15) is 0 Å². The van der Waals surface area contributed by atoms with E-state index in [1.807, 2.05) is 0 Å². The third-order valence-electron chi connectivity index (χ3n) is 6.22. The molecule has 0 aromatic heterocycles. The van der Waals surface area contributed by atoms with Crippen molar-refractivity contribution >= 4 is 0 Å². The van der Waals surface area contributed by atoms with E-state index in [1.165, 1.54) is 19.3 Å². The SMILES string of the molecule is CCC1CCC(CC2CC3(CC(C)C3)C2)CC1. The summed E-state index contributed by atoms with van der Waals surface area (Å²) < 4.78 is 0. The molecule has 0 aromatic rings. The van der Waals surface area contributed by atoms with Gasteiger partial charge in [-0.15, -0.1) is 0 Å². The molecule has 1 spiro atoms. The number of hydrogen-bond donors (Lipinski definition) is 0. The first-order chi connectivity index (χ1) is 8.19. The molecule has 98 valence electrons. The summed E-state index contributed by atoms with van der Waals surface area (Å²) >= 11 is 0. The lowest BCUT2D eigenvalue weighted by Crippen LogP contribution is -2.47. The van der Waals surface area contributed by atoms with Gasteiger partial charge in [0.05, 0.1) is 0 Å². The summed E-state index contributed by atoms with van der Waals surface area (Å²) in [7, 11) is 0. The highest BCUT2D eigenvalue weighted by Crippen LogP contribution is 2.62. The van der Waals surface area contributed by atoms with Crippen molar-refractivity contribution in [2.24, 2.45) is 29.1 Å². The molecule has 17 heavy (non-hydrogen) atoms. The zero-order valence-electron chi connectivity index (χ0n) is 11.9. The normalized spacial score (nSPS) is 49.8. The molecule has 0 radical (unpaired) electrons. The average Bonchev–Trinajstić information content (AvgIpc) is 2.25. The zero-order valence-corrected chi connectivity index (χ0v) is 11.9. The highest BCUT2D eigenvalue weighted by atomic mass is 14.6. The molecule has 0 nitrogen and oxygen atoms in total. The van der Waals surface area contributed by atoms with Crippen LogP contribution in [0.1, 0.15) is 78.1 Å². The van der Waals surface area contributed by atoms with Gasteiger partial charge in [0.2, 0.25) is 0 Å². The Morgan fingerprint density at radius 2 is 1.41 bits per heavy atom. The van der Waals surface area contributed by atoms with Gasteiger partial charge in [0.15, 0.2) is 0 Å². The average molecular weight is 234 g/mol. The van der Waals surface area contributed by atoms with E-state index >= 15 is 0 Å². The lowest BCUT2D eigenvalue weighted by molar-refractivity contribution is -0.0705. The van der Waals surface area contributed by atoms with Crippen molar-refractivity contribution in [2.45, 2.75) is 78.1 Å². The predicted molar refractivity (Wildman–Crippen MR) is 73.9 cm³/mol. The molecule has 0 aromatic carbocycles. The van der Waals surface area contributed by atoms with Crippen LogP contribution in [0.5, 0.6) is 0 Å². The molecule has 3 aliphatic carbocycles. The molecule has 3 rings (SSSR count). The van der Waals surface area contributed by atoms with Crippen molar-refractivity contribution in [3.63, 3.8) is 0 Å². The highest BCUT2D eigenvalue weighted by molar-refractivity contribution is 5.02. The summed E-state index contributed by atoms with van der Waals surface area (Å²) in [6.45, 7) is 4.81. The molecule has 0 saturated heterocycles. The van der Waals surface area contributed by atoms with Gasteiger partial charge in [0.25, 0.3) is 0 Å². The molecule has 0 aliphatic heterocycles. The molecule has 0 amide bonds. The van der Waals surface area contributed by atoms with Crippen LogP contribution in [0, 0.1) is 29.1 Å². The second-order valence-electron chi connectivity index (χ2n) is 7.82. The molecule has 0 heteroatoms. The van der Waals surface area contributed by atoms with E-state index < -0.39 is 0 Å². The molecule has 0 heterocycles. The highest BCUT2D eigenvalue weighted by Gasteiger charge is 2.51. The van der Waals surface area contributed by atoms with E-state index in [0.717, 1.165) is 29.1 Å². The topological polar surface area (TPSA) is 0 Å². The Labute approximate surface area is 108 Å². The van der Waals surface area contributed by atoms with Gasteiger partial charge in [-0.25, -0.2) is 0 Å². The largest absolute Gasteiger partial charge is 0.0651 e. The van der Waals surface area contributed by atoms with Crippen LogP contribution >= 0.6 is 0 Å². The minimum atomic E-state index is 0.880. The molecular formula is C17H30. The van der Waals surface area contributed by atoms with E-state index in [2.05, 4.69) is 13.8 Å². The van der Waals surface area contributed by atoms with Crippen LogP contribution in [0.2, 0.25) is 0 Å². The van der Waals surface area contributed by atoms with Gasteiger partial charge < -0.3 is 0 Å². The van der Waals surface area contributed by atoms with Crippen LogP contribution in [0.25, 0.3) is 0 Å². The van der Waals surface area contributed by atoms with Crippen molar-refractivity contribution in [1.82, 2.24) is 0 Å². The maximum atomic E-state index is 2.44. The monoisotopic (exact) mass is 234 g/mol. The molecule has 0 N–H and O–H groups in total. The number of rotatable bonds is 3. The van der Waals surface area contributed by atoms with Gasteiger partial charge in [0, 0.05) is 0 Å². The van der Waals surface area contributed by atoms with E-state index in [4.69, 9.17) is 0 Å². The Hall–Kier alpha value is 0. The molecule has 3 aliphatic rings. The quantitative estimate of drug-likeness (QED) is 0.611. The van der Waals surface area contributed by atoms with Gasteiger partial charge in [-0.3, -0.25) is 0 Å². The number of hydrogen-bond acceptors (Lipinski definition) is 0. The van der Waals surface area contributed by atoms with Crippen LogP contribution in [0.15, 0.2) is 0 Å². The van der Waals surface area contributed by atoms with E-state index in [9.17, 15) is 0 Å². The van der Waals surface area contributed by atoms with Crippen molar-refractivity contribution in [3.8, 4) is 0 Å². The van der Waals surface area contributed by atoms with E-state index in [-0.39, 0.29) is 0 Å². The molecule has 3 saturated carbocycles. The van der Waals surface area contributed by atoms with Gasteiger partial charge in [-0.05, 0) is 61.2 Å². The summed E-state index contributed by atoms with van der Waals surface area (Å²) in [5, 5.41) is 0. The Morgan fingerprint density at radius 1 is 0.824 bits per heavy atom. The fourth-order valence-corrected chi connectivity index (χ4v) is 5.43. The smallest absolute Gasteiger partial charge is 0.0287 e. The lowest BCUT2D eigenvalue weighted by Gasteiger charge is -2.58. The van der Waals surface area contributed by atoms with Crippen molar-refractivity contribution in [3.05, 3.63) is 0 Å². The molecule has 0 atom stereocenters. The summed E-state index contributed by atoms with van der Waals surface area (Å²) in [6, 6.07) is 0. The fraction of sp³-hybridized carbons (Fsp3) is 1.00. The first-order valence-electron chi connectivity index (χ1n) is 8.19. The predicted octanol–water partition coefficient (Wildman–Crippen LogP) is 5.42. The van der Waals surface area contributed by atoms with Crippen LogP contribution in [0.4, 0.5) is 0 Å².